The molecule has 0 aliphatic carbocycles. The van der Waals surface area contributed by atoms with Gasteiger partial charge in [0, 0.05) is 0 Å². The highest BCUT2D eigenvalue weighted by molar-refractivity contribution is 7.20. The van der Waals surface area contributed by atoms with Crippen molar-refractivity contribution in [1.29, 1.82) is 0 Å². The summed E-state index contributed by atoms with van der Waals surface area (Å²) in [7, 11) is 2.87. The van der Waals surface area contributed by atoms with Crippen molar-refractivity contribution >= 4 is 8.61 Å². The molecule has 0 aromatic rings. The molecule has 32 valence electrons. The van der Waals surface area contributed by atoms with Crippen molar-refractivity contribution < 1.29 is 4.57 Å². The monoisotopic (exact) mass is 93.0 g/mol. The highest BCUT2D eigenvalue weighted by Crippen LogP contribution is 1.90. The Hall–Kier alpha value is 0.190. The van der Waals surface area contributed by atoms with Gasteiger partial charge in [-0.05, 0) is 14.1 Å². The molecule has 1 atom stereocenters. The molecular weight excluding hydrogens is 85.0 g/mol. The topological polar surface area (TPSA) is 20.3 Å². The first kappa shape index (κ1) is 5.19. The third kappa shape index (κ3) is 4.19. The number of rotatable bonds is 1. The zero-order chi connectivity index (χ0) is 4.28. The molecule has 0 spiro atoms. The van der Waals surface area contributed by atoms with E-state index in [0.29, 0.717) is 0 Å². The molecule has 0 aromatic heterocycles. The maximum Gasteiger partial charge on any atom is 0.126 e. The maximum atomic E-state index is 9.64. The molecule has 0 rings (SSSR count). The van der Waals surface area contributed by atoms with E-state index in [-0.39, 0.29) is 0 Å². The van der Waals surface area contributed by atoms with Gasteiger partial charge < -0.3 is 4.57 Å². The van der Waals surface area contributed by atoms with Crippen LogP contribution in [0.1, 0.15) is 0 Å². The van der Waals surface area contributed by atoms with Crippen molar-refractivity contribution in [3.8, 4) is 0 Å². The lowest BCUT2D eigenvalue weighted by Gasteiger charge is -1.90. The number of nitrogens with zero attached hydrogens (tertiary/aromatic N) is 1. The Morgan fingerprint density at radius 1 is 1.60 bits per heavy atom. The summed E-state index contributed by atoms with van der Waals surface area (Å²) < 4.78 is 11.3. The van der Waals surface area contributed by atoms with E-state index in [4.69, 9.17) is 0 Å². The summed E-state index contributed by atoms with van der Waals surface area (Å²) in [6, 6.07) is 0. The van der Waals surface area contributed by atoms with E-state index in [0.717, 1.165) is 0 Å². The van der Waals surface area contributed by atoms with Crippen molar-refractivity contribution in [2.24, 2.45) is 0 Å². The predicted molar refractivity (Wildman–Crippen MR) is 24.1 cm³/mol. The standard InChI is InChI=1S/C2H8NOP/c1-3(2)5-4/h5H2,1-2H3. The smallest absolute Gasteiger partial charge is 0.126 e. The van der Waals surface area contributed by atoms with Gasteiger partial charge in [0.05, 0.1) is 0 Å². The molecule has 0 bridgehead atoms. The molecule has 0 radical (unpaired) electrons. The van der Waals surface area contributed by atoms with E-state index in [1.807, 2.05) is 0 Å². The molecule has 2 nitrogen and oxygen atoms in total. The summed E-state index contributed by atoms with van der Waals surface area (Å²) in [6.45, 7) is 0. The molecule has 0 N–H and O–H groups in total. The summed E-state index contributed by atoms with van der Waals surface area (Å²) in [5.41, 5.74) is 0. The van der Waals surface area contributed by atoms with Crippen molar-refractivity contribution in [3.05, 3.63) is 0 Å². The van der Waals surface area contributed by atoms with E-state index in [1.165, 1.54) is 0 Å². The summed E-state index contributed by atoms with van der Waals surface area (Å²) in [6.07, 6.45) is 0. The molecule has 0 fully saturated rings. The van der Waals surface area contributed by atoms with Gasteiger partial charge in [-0.2, -0.15) is 0 Å². The quantitative estimate of drug-likeness (QED) is 0.432. The number of hydrogen-bond donors (Lipinski definition) is 0. The second kappa shape index (κ2) is 2.43. The van der Waals surface area contributed by atoms with Gasteiger partial charge in [0.15, 0.2) is 0 Å². The van der Waals surface area contributed by atoms with Crippen LogP contribution >= 0.6 is 8.61 Å². The molecule has 3 heteroatoms. The van der Waals surface area contributed by atoms with Crippen LogP contribution in [0.15, 0.2) is 0 Å². The van der Waals surface area contributed by atoms with Gasteiger partial charge >= 0.3 is 0 Å². The van der Waals surface area contributed by atoms with Crippen LogP contribution in [0, 0.1) is 0 Å². The first-order valence-corrected chi connectivity index (χ1v) is 2.38. The van der Waals surface area contributed by atoms with Crippen LogP contribution in [-0.2, 0) is 4.57 Å². The van der Waals surface area contributed by atoms with Crippen molar-refractivity contribution in [1.82, 2.24) is 4.67 Å². The molecule has 0 aliphatic heterocycles. The number of hydrogen-bond acceptors (Lipinski definition) is 1. The van der Waals surface area contributed by atoms with Gasteiger partial charge in [-0.25, -0.2) is 0 Å². The molecule has 0 saturated carbocycles. The maximum absolute atomic E-state index is 9.64. The van der Waals surface area contributed by atoms with Gasteiger partial charge in [-0.15, -0.1) is 0 Å². The van der Waals surface area contributed by atoms with E-state index in [1.54, 1.807) is 18.8 Å². The Morgan fingerprint density at radius 3 is 1.80 bits per heavy atom. The van der Waals surface area contributed by atoms with Gasteiger partial charge in [0.1, 0.15) is 8.61 Å². The first-order valence-electron chi connectivity index (χ1n) is 1.39. The van der Waals surface area contributed by atoms with Crippen LogP contribution in [0.25, 0.3) is 0 Å². The van der Waals surface area contributed by atoms with Crippen LogP contribution < -0.4 is 0 Å². The Morgan fingerprint density at radius 2 is 1.80 bits per heavy atom. The Labute approximate surface area is 33.0 Å². The van der Waals surface area contributed by atoms with Gasteiger partial charge in [0.2, 0.25) is 0 Å². The first-order chi connectivity index (χ1) is 2.27. The molecule has 1 unspecified atom stereocenters. The molecule has 0 aromatic carbocycles. The third-order valence-corrected chi connectivity index (χ3v) is 0.632. The summed E-state index contributed by atoms with van der Waals surface area (Å²) >= 11 is 0. The third-order valence-electron chi connectivity index (χ3n) is 0.211. The predicted octanol–water partition coefficient (Wildman–Crippen LogP) is 0.219. The molecule has 0 heterocycles. The fourth-order valence-corrected chi connectivity index (χ4v) is 0. The van der Waals surface area contributed by atoms with E-state index >= 15 is 0 Å². The minimum atomic E-state index is -0.685. The van der Waals surface area contributed by atoms with E-state index in [2.05, 4.69) is 0 Å². The lowest BCUT2D eigenvalue weighted by molar-refractivity contribution is 0.552. The van der Waals surface area contributed by atoms with Crippen LogP contribution in [-0.4, -0.2) is 18.8 Å². The fourth-order valence-electron chi connectivity index (χ4n) is 0. The Kier molecular flexibility index (Phi) is 2.52. The van der Waals surface area contributed by atoms with E-state index in [9.17, 15) is 4.57 Å². The van der Waals surface area contributed by atoms with Crippen molar-refractivity contribution in [3.63, 3.8) is 0 Å². The SMILES string of the molecule is CN(C)[PH2]=O. The zero-order valence-electron chi connectivity index (χ0n) is 3.43. The Bertz CT molecular complexity index is 36.6. The second-order valence-corrected chi connectivity index (χ2v) is 2.31. The lowest BCUT2D eigenvalue weighted by atomic mass is 11.3. The largest absolute Gasteiger partial charge is 0.313 e. The lowest BCUT2D eigenvalue weighted by Crippen LogP contribution is -1.90. The molecule has 0 saturated heterocycles. The fraction of sp³-hybridized carbons (Fsp3) is 1.00. The van der Waals surface area contributed by atoms with Gasteiger partial charge in [-0.1, -0.05) is 0 Å². The average molecular weight is 93.1 g/mol. The minimum Gasteiger partial charge on any atom is -0.313 e. The van der Waals surface area contributed by atoms with Gasteiger partial charge in [0.25, 0.3) is 0 Å². The summed E-state index contributed by atoms with van der Waals surface area (Å²) in [4.78, 5) is 0. The molecule has 5 heavy (non-hydrogen) atoms. The van der Waals surface area contributed by atoms with Crippen LogP contribution in [0.3, 0.4) is 0 Å². The second-order valence-electron chi connectivity index (χ2n) is 1.07. The Balaban J connectivity index is 2.83. The van der Waals surface area contributed by atoms with E-state index < -0.39 is 8.61 Å². The summed E-state index contributed by atoms with van der Waals surface area (Å²) in [5.74, 6) is 0. The normalized spacial score (nSPS) is 11.8. The van der Waals surface area contributed by atoms with Crippen molar-refractivity contribution in [2.75, 3.05) is 14.1 Å². The zero-order valence-corrected chi connectivity index (χ0v) is 4.59. The average Bonchev–Trinajstić information content (AvgIpc) is 1.38. The highest BCUT2D eigenvalue weighted by Gasteiger charge is 1.69. The van der Waals surface area contributed by atoms with Crippen LogP contribution in [0.5, 0.6) is 0 Å². The van der Waals surface area contributed by atoms with Crippen LogP contribution in [0.2, 0.25) is 0 Å². The summed E-state index contributed by atoms with van der Waals surface area (Å²) in [5, 5.41) is 0. The highest BCUT2D eigenvalue weighted by atomic mass is 31.1. The molecule has 0 aliphatic rings. The van der Waals surface area contributed by atoms with Gasteiger partial charge in [-0.3, -0.25) is 4.67 Å². The van der Waals surface area contributed by atoms with Crippen molar-refractivity contribution in [2.45, 2.75) is 0 Å². The molecule has 0 amide bonds. The van der Waals surface area contributed by atoms with Crippen LogP contribution in [0.4, 0.5) is 0 Å². The minimum absolute atomic E-state index is 0.685. The molecular formula is C2H8NOP.